The Morgan fingerprint density at radius 2 is 2.14 bits per heavy atom. The zero-order chi connectivity index (χ0) is 14.8. The Morgan fingerprint density at radius 3 is 2.86 bits per heavy atom. The molecule has 0 unspecified atom stereocenters. The van der Waals surface area contributed by atoms with Crippen LogP contribution < -0.4 is 5.32 Å². The van der Waals surface area contributed by atoms with Crippen molar-refractivity contribution in [2.24, 2.45) is 7.05 Å². The third-order valence-electron chi connectivity index (χ3n) is 2.97. The number of aromatic nitrogens is 7. The van der Waals surface area contributed by atoms with Crippen LogP contribution in [0.1, 0.15) is 17.5 Å². The first-order chi connectivity index (χ1) is 10.2. The van der Waals surface area contributed by atoms with E-state index in [1.807, 2.05) is 14.0 Å². The number of aromatic amines is 1. The van der Waals surface area contributed by atoms with Gasteiger partial charge in [-0.05, 0) is 6.92 Å². The molecule has 0 atom stereocenters. The molecule has 9 heteroatoms. The second-order valence-corrected chi connectivity index (χ2v) is 4.62. The number of anilines is 1. The molecule has 0 radical (unpaired) electrons. The highest BCUT2D eigenvalue weighted by atomic mass is 16.5. The predicted octanol–water partition coefficient (Wildman–Crippen LogP) is 0.548. The van der Waals surface area contributed by atoms with E-state index in [1.54, 1.807) is 18.0 Å². The summed E-state index contributed by atoms with van der Waals surface area (Å²) in [5.41, 5.74) is 0.755. The van der Waals surface area contributed by atoms with Crippen molar-refractivity contribution in [3.63, 3.8) is 0 Å². The van der Waals surface area contributed by atoms with Gasteiger partial charge in [0.15, 0.2) is 17.3 Å². The summed E-state index contributed by atoms with van der Waals surface area (Å²) in [5, 5.41) is 15.2. The van der Waals surface area contributed by atoms with E-state index in [9.17, 15) is 0 Å². The lowest BCUT2D eigenvalue weighted by Crippen LogP contribution is -2.07. The average molecular weight is 288 g/mol. The van der Waals surface area contributed by atoms with Gasteiger partial charge in [0.2, 0.25) is 0 Å². The van der Waals surface area contributed by atoms with Crippen LogP contribution in [0.25, 0.3) is 11.0 Å². The summed E-state index contributed by atoms with van der Waals surface area (Å²) >= 11 is 0. The van der Waals surface area contributed by atoms with Gasteiger partial charge >= 0.3 is 0 Å². The number of hydrogen-bond acceptors (Lipinski definition) is 7. The normalized spacial score (nSPS) is 11.2. The molecule has 3 heterocycles. The SMILES string of the molecule is COCc1nc(NCc2n[nH]c(C)n2)c2cnn(C)c2n1. The van der Waals surface area contributed by atoms with Gasteiger partial charge in [0.25, 0.3) is 0 Å². The van der Waals surface area contributed by atoms with Crippen LogP contribution in [0.2, 0.25) is 0 Å². The minimum atomic E-state index is 0.343. The molecule has 0 aromatic carbocycles. The van der Waals surface area contributed by atoms with E-state index in [0.717, 1.165) is 16.9 Å². The molecule has 0 bridgehead atoms. The second kappa shape index (κ2) is 5.44. The molecule has 0 aliphatic heterocycles. The Hall–Kier alpha value is -2.55. The summed E-state index contributed by atoms with van der Waals surface area (Å²) in [7, 11) is 3.45. The standard InChI is InChI=1S/C12H16N8O/c1-7-15-9(19-18-7)5-13-11-8-4-14-20(2)12(8)17-10(16-11)6-21-3/h4H,5-6H2,1-3H3,(H,13,16,17)(H,15,18,19). The molecule has 3 rings (SSSR count). The fourth-order valence-electron chi connectivity index (χ4n) is 2.03. The maximum absolute atomic E-state index is 5.10. The average Bonchev–Trinajstić information content (AvgIpc) is 3.04. The number of ether oxygens (including phenoxy) is 1. The maximum Gasteiger partial charge on any atom is 0.169 e. The molecular formula is C12H16N8O. The van der Waals surface area contributed by atoms with Crippen LogP contribution in [-0.2, 0) is 24.9 Å². The molecule has 0 saturated heterocycles. The zero-order valence-corrected chi connectivity index (χ0v) is 12.1. The van der Waals surface area contributed by atoms with E-state index in [-0.39, 0.29) is 0 Å². The number of aryl methyl sites for hydroxylation is 2. The molecule has 21 heavy (non-hydrogen) atoms. The molecule has 0 aliphatic rings. The number of rotatable bonds is 5. The molecule has 3 aromatic heterocycles. The van der Waals surface area contributed by atoms with Gasteiger partial charge in [-0.2, -0.15) is 10.2 Å². The third kappa shape index (κ3) is 2.68. The quantitative estimate of drug-likeness (QED) is 0.706. The van der Waals surface area contributed by atoms with E-state index in [4.69, 9.17) is 4.74 Å². The van der Waals surface area contributed by atoms with Crippen molar-refractivity contribution < 1.29 is 4.74 Å². The summed E-state index contributed by atoms with van der Waals surface area (Å²) in [6.07, 6.45) is 1.73. The van der Waals surface area contributed by atoms with Crippen molar-refractivity contribution in [1.82, 2.24) is 34.9 Å². The molecule has 110 valence electrons. The topological polar surface area (TPSA) is 106 Å². The third-order valence-corrected chi connectivity index (χ3v) is 2.97. The number of nitrogens with zero attached hydrogens (tertiary/aromatic N) is 6. The van der Waals surface area contributed by atoms with Crippen molar-refractivity contribution in [2.75, 3.05) is 12.4 Å². The maximum atomic E-state index is 5.10. The molecule has 0 saturated carbocycles. The fraction of sp³-hybridized carbons (Fsp3) is 0.417. The minimum Gasteiger partial charge on any atom is -0.377 e. The van der Waals surface area contributed by atoms with Crippen molar-refractivity contribution in [1.29, 1.82) is 0 Å². The van der Waals surface area contributed by atoms with Crippen LogP contribution in [0.15, 0.2) is 6.20 Å². The predicted molar refractivity (Wildman–Crippen MR) is 75.5 cm³/mol. The van der Waals surface area contributed by atoms with Gasteiger partial charge in [-0.1, -0.05) is 0 Å². The van der Waals surface area contributed by atoms with Gasteiger partial charge in [0.05, 0.1) is 18.1 Å². The first-order valence-corrected chi connectivity index (χ1v) is 6.46. The van der Waals surface area contributed by atoms with E-state index < -0.39 is 0 Å². The summed E-state index contributed by atoms with van der Waals surface area (Å²) in [6.45, 7) is 2.67. The highest BCUT2D eigenvalue weighted by Gasteiger charge is 2.12. The van der Waals surface area contributed by atoms with Crippen LogP contribution in [-0.4, -0.2) is 42.0 Å². The monoisotopic (exact) mass is 288 g/mol. The molecule has 3 aromatic rings. The number of hydrogen-bond donors (Lipinski definition) is 2. The van der Waals surface area contributed by atoms with Gasteiger partial charge < -0.3 is 10.1 Å². The van der Waals surface area contributed by atoms with Gasteiger partial charge in [0, 0.05) is 14.2 Å². The van der Waals surface area contributed by atoms with E-state index in [2.05, 4.69) is 35.6 Å². The summed E-state index contributed by atoms with van der Waals surface area (Å²) < 4.78 is 6.81. The van der Waals surface area contributed by atoms with Crippen LogP contribution in [0.5, 0.6) is 0 Å². The molecular weight excluding hydrogens is 272 g/mol. The highest BCUT2D eigenvalue weighted by molar-refractivity contribution is 5.86. The largest absolute Gasteiger partial charge is 0.377 e. The number of nitrogens with one attached hydrogen (secondary N) is 2. The molecule has 0 fully saturated rings. The van der Waals surface area contributed by atoms with E-state index in [0.29, 0.717) is 30.6 Å². The summed E-state index contributed by atoms with van der Waals surface area (Å²) in [4.78, 5) is 13.1. The Bertz CT molecular complexity index is 762. The lowest BCUT2D eigenvalue weighted by molar-refractivity contribution is 0.178. The first-order valence-electron chi connectivity index (χ1n) is 6.46. The minimum absolute atomic E-state index is 0.343. The van der Waals surface area contributed by atoms with Crippen molar-refractivity contribution in [3.05, 3.63) is 23.7 Å². The van der Waals surface area contributed by atoms with Gasteiger partial charge in [-0.25, -0.2) is 15.0 Å². The second-order valence-electron chi connectivity index (χ2n) is 4.62. The van der Waals surface area contributed by atoms with Crippen LogP contribution in [0.3, 0.4) is 0 Å². The Morgan fingerprint density at radius 1 is 1.29 bits per heavy atom. The van der Waals surface area contributed by atoms with Gasteiger partial charge in [0.1, 0.15) is 18.2 Å². The zero-order valence-electron chi connectivity index (χ0n) is 12.1. The van der Waals surface area contributed by atoms with Crippen LogP contribution >= 0.6 is 0 Å². The summed E-state index contributed by atoms with van der Waals surface area (Å²) in [6, 6.07) is 0. The number of fused-ring (bicyclic) bond motifs is 1. The van der Waals surface area contributed by atoms with Crippen molar-refractivity contribution in [2.45, 2.75) is 20.1 Å². The smallest absolute Gasteiger partial charge is 0.169 e. The molecule has 0 aliphatic carbocycles. The van der Waals surface area contributed by atoms with Gasteiger partial charge in [-0.15, -0.1) is 0 Å². The number of methoxy groups -OCH3 is 1. The molecule has 9 nitrogen and oxygen atoms in total. The first kappa shape index (κ1) is 13.4. The lowest BCUT2D eigenvalue weighted by atomic mass is 10.3. The van der Waals surface area contributed by atoms with Gasteiger partial charge in [-0.3, -0.25) is 9.78 Å². The molecule has 0 amide bonds. The lowest BCUT2D eigenvalue weighted by Gasteiger charge is -2.07. The highest BCUT2D eigenvalue weighted by Crippen LogP contribution is 2.20. The van der Waals surface area contributed by atoms with E-state index >= 15 is 0 Å². The Labute approximate surface area is 120 Å². The fourth-order valence-corrected chi connectivity index (χ4v) is 2.03. The number of H-pyrrole nitrogens is 1. The molecule has 0 spiro atoms. The van der Waals surface area contributed by atoms with Crippen LogP contribution in [0, 0.1) is 6.92 Å². The van der Waals surface area contributed by atoms with Crippen molar-refractivity contribution >= 4 is 16.9 Å². The van der Waals surface area contributed by atoms with Crippen LogP contribution in [0.4, 0.5) is 5.82 Å². The Kier molecular flexibility index (Phi) is 3.48. The van der Waals surface area contributed by atoms with E-state index in [1.165, 1.54) is 0 Å². The Balaban J connectivity index is 1.92. The van der Waals surface area contributed by atoms with Crippen molar-refractivity contribution in [3.8, 4) is 0 Å². The molecule has 2 N–H and O–H groups in total. The summed E-state index contributed by atoms with van der Waals surface area (Å²) in [5.74, 6) is 2.75.